The fourth-order valence-electron chi connectivity index (χ4n) is 3.96. The molecule has 0 spiro atoms. The van der Waals surface area contributed by atoms with E-state index < -0.39 is 10.0 Å². The van der Waals surface area contributed by atoms with Crippen LogP contribution >= 0.6 is 15.9 Å². The van der Waals surface area contributed by atoms with Gasteiger partial charge in [0, 0.05) is 35.4 Å². The van der Waals surface area contributed by atoms with Crippen molar-refractivity contribution in [3.05, 3.63) is 58.1 Å². The van der Waals surface area contributed by atoms with Gasteiger partial charge in [0.25, 0.3) is 5.91 Å². The van der Waals surface area contributed by atoms with E-state index in [-0.39, 0.29) is 10.8 Å². The van der Waals surface area contributed by atoms with Crippen LogP contribution in [0.3, 0.4) is 0 Å². The molecule has 1 saturated heterocycles. The highest BCUT2D eigenvalue weighted by molar-refractivity contribution is 9.10. The van der Waals surface area contributed by atoms with Crippen LogP contribution in [0.15, 0.2) is 51.8 Å². The van der Waals surface area contributed by atoms with Crippen molar-refractivity contribution >= 4 is 37.5 Å². The SMILES string of the molecule is O=C(c1cccc(S(=O)(=O)N2CCCCCC2)c1)N1CCc2cc(Br)ccc21. The fourth-order valence-corrected chi connectivity index (χ4v) is 5.93. The van der Waals surface area contributed by atoms with E-state index >= 15 is 0 Å². The minimum atomic E-state index is -3.57. The van der Waals surface area contributed by atoms with E-state index in [9.17, 15) is 13.2 Å². The van der Waals surface area contributed by atoms with Gasteiger partial charge in [0.2, 0.25) is 10.0 Å². The maximum Gasteiger partial charge on any atom is 0.258 e. The van der Waals surface area contributed by atoms with Gasteiger partial charge >= 0.3 is 0 Å². The zero-order chi connectivity index (χ0) is 19.7. The van der Waals surface area contributed by atoms with Gasteiger partial charge in [0.1, 0.15) is 0 Å². The lowest BCUT2D eigenvalue weighted by Gasteiger charge is -2.21. The summed E-state index contributed by atoms with van der Waals surface area (Å²) in [5, 5.41) is 0. The van der Waals surface area contributed by atoms with Crippen LogP contribution in [-0.2, 0) is 16.4 Å². The van der Waals surface area contributed by atoms with Crippen LogP contribution in [0.1, 0.15) is 41.6 Å². The second-order valence-corrected chi connectivity index (χ2v) is 10.2. The van der Waals surface area contributed by atoms with Crippen molar-refractivity contribution in [3.8, 4) is 0 Å². The molecule has 2 aromatic rings. The van der Waals surface area contributed by atoms with Crippen LogP contribution < -0.4 is 4.90 Å². The molecule has 2 aromatic carbocycles. The summed E-state index contributed by atoms with van der Waals surface area (Å²) < 4.78 is 28.7. The largest absolute Gasteiger partial charge is 0.308 e. The number of hydrogen-bond donors (Lipinski definition) is 0. The van der Waals surface area contributed by atoms with Crippen molar-refractivity contribution < 1.29 is 13.2 Å². The molecule has 2 aliphatic heterocycles. The number of amides is 1. The normalized spacial score (nSPS) is 18.0. The Hall–Kier alpha value is -1.70. The molecule has 0 saturated carbocycles. The van der Waals surface area contributed by atoms with Gasteiger partial charge in [0.05, 0.1) is 4.90 Å². The number of fused-ring (bicyclic) bond motifs is 1. The summed E-state index contributed by atoms with van der Waals surface area (Å²) in [6.07, 6.45) is 4.70. The molecule has 0 bridgehead atoms. The highest BCUT2D eigenvalue weighted by Crippen LogP contribution is 2.32. The lowest BCUT2D eigenvalue weighted by molar-refractivity contribution is 0.0989. The summed E-state index contributed by atoms with van der Waals surface area (Å²) >= 11 is 3.47. The predicted molar refractivity (Wildman–Crippen MR) is 113 cm³/mol. The van der Waals surface area contributed by atoms with E-state index in [0.29, 0.717) is 25.2 Å². The molecule has 2 heterocycles. The third-order valence-corrected chi connectivity index (χ3v) is 7.85. The van der Waals surface area contributed by atoms with Crippen LogP contribution in [0.25, 0.3) is 0 Å². The summed E-state index contributed by atoms with van der Waals surface area (Å²) in [6, 6.07) is 12.4. The van der Waals surface area contributed by atoms with Crippen LogP contribution in [0.2, 0.25) is 0 Å². The Morgan fingerprint density at radius 2 is 1.68 bits per heavy atom. The molecule has 148 valence electrons. The van der Waals surface area contributed by atoms with E-state index in [0.717, 1.165) is 47.8 Å². The monoisotopic (exact) mass is 462 g/mol. The number of carbonyl (C=O) groups is 1. The lowest BCUT2D eigenvalue weighted by Crippen LogP contribution is -2.32. The van der Waals surface area contributed by atoms with Crippen molar-refractivity contribution in [2.24, 2.45) is 0 Å². The molecule has 7 heteroatoms. The highest BCUT2D eigenvalue weighted by Gasteiger charge is 2.29. The number of sulfonamides is 1. The Kier molecular flexibility index (Phi) is 5.58. The third-order valence-electron chi connectivity index (χ3n) is 5.47. The molecule has 0 radical (unpaired) electrons. The number of carbonyl (C=O) groups excluding carboxylic acids is 1. The zero-order valence-electron chi connectivity index (χ0n) is 15.6. The molecule has 28 heavy (non-hydrogen) atoms. The van der Waals surface area contributed by atoms with Gasteiger partial charge < -0.3 is 4.90 Å². The van der Waals surface area contributed by atoms with E-state index in [2.05, 4.69) is 15.9 Å². The maximum atomic E-state index is 13.1. The second-order valence-electron chi connectivity index (χ2n) is 7.33. The number of benzene rings is 2. The fraction of sp³-hybridized carbons (Fsp3) is 0.381. The van der Waals surface area contributed by atoms with Crippen molar-refractivity contribution in [2.75, 3.05) is 24.5 Å². The summed E-state index contributed by atoms with van der Waals surface area (Å²) in [5.41, 5.74) is 2.43. The minimum Gasteiger partial charge on any atom is -0.308 e. The molecular weight excluding hydrogens is 440 g/mol. The van der Waals surface area contributed by atoms with Gasteiger partial charge in [0.15, 0.2) is 0 Å². The molecule has 0 atom stereocenters. The van der Waals surface area contributed by atoms with Gasteiger partial charge in [-0.05, 0) is 61.2 Å². The zero-order valence-corrected chi connectivity index (χ0v) is 18.0. The Labute approximate surface area is 174 Å². The van der Waals surface area contributed by atoms with Gasteiger partial charge in [-0.3, -0.25) is 4.79 Å². The minimum absolute atomic E-state index is 0.158. The average Bonchev–Trinajstić information content (AvgIpc) is 2.91. The molecule has 0 aliphatic carbocycles. The first-order valence-electron chi connectivity index (χ1n) is 9.67. The number of rotatable bonds is 3. The van der Waals surface area contributed by atoms with Crippen LogP contribution in [0.5, 0.6) is 0 Å². The van der Waals surface area contributed by atoms with Gasteiger partial charge in [-0.15, -0.1) is 0 Å². The topological polar surface area (TPSA) is 57.7 Å². The molecule has 0 aromatic heterocycles. The lowest BCUT2D eigenvalue weighted by atomic mass is 10.1. The number of anilines is 1. The Balaban J connectivity index is 1.62. The molecule has 0 unspecified atom stereocenters. The molecule has 0 N–H and O–H groups in total. The van der Waals surface area contributed by atoms with Crippen molar-refractivity contribution in [2.45, 2.75) is 37.0 Å². The van der Waals surface area contributed by atoms with Gasteiger partial charge in [-0.25, -0.2) is 8.42 Å². The number of halogens is 1. The molecule has 1 fully saturated rings. The smallest absolute Gasteiger partial charge is 0.258 e. The van der Waals surface area contributed by atoms with Crippen molar-refractivity contribution in [1.82, 2.24) is 4.31 Å². The molecule has 4 rings (SSSR count). The molecule has 1 amide bonds. The van der Waals surface area contributed by atoms with Crippen LogP contribution in [0, 0.1) is 0 Å². The first kappa shape index (κ1) is 19.6. The standard InChI is InChI=1S/C21H23BrN2O3S/c22-18-8-9-20-16(14-18)10-13-24(20)21(25)17-6-5-7-19(15-17)28(26,27)23-11-3-1-2-4-12-23/h5-9,14-15H,1-4,10-13H2. The molecular formula is C21H23BrN2O3S. The van der Waals surface area contributed by atoms with Crippen molar-refractivity contribution in [3.63, 3.8) is 0 Å². The summed E-state index contributed by atoms with van der Waals surface area (Å²) in [7, 11) is -3.57. The second kappa shape index (κ2) is 7.97. The van der Waals surface area contributed by atoms with E-state index in [1.807, 2.05) is 18.2 Å². The van der Waals surface area contributed by atoms with Crippen LogP contribution in [0.4, 0.5) is 5.69 Å². The van der Waals surface area contributed by atoms with E-state index in [1.54, 1.807) is 27.4 Å². The maximum absolute atomic E-state index is 13.1. The van der Waals surface area contributed by atoms with E-state index in [4.69, 9.17) is 0 Å². The third kappa shape index (κ3) is 3.75. The number of nitrogens with zero attached hydrogens (tertiary/aromatic N) is 2. The summed E-state index contributed by atoms with van der Waals surface area (Å²) in [4.78, 5) is 15.1. The summed E-state index contributed by atoms with van der Waals surface area (Å²) in [5.74, 6) is -0.158. The van der Waals surface area contributed by atoms with E-state index in [1.165, 1.54) is 6.07 Å². The Bertz CT molecular complexity index is 998. The summed E-state index contributed by atoms with van der Waals surface area (Å²) in [6.45, 7) is 1.71. The first-order chi connectivity index (χ1) is 13.5. The quantitative estimate of drug-likeness (QED) is 0.685. The first-order valence-corrected chi connectivity index (χ1v) is 11.9. The Morgan fingerprint density at radius 1 is 0.929 bits per heavy atom. The number of hydrogen-bond acceptors (Lipinski definition) is 3. The highest BCUT2D eigenvalue weighted by atomic mass is 79.9. The average molecular weight is 463 g/mol. The molecule has 5 nitrogen and oxygen atoms in total. The van der Waals surface area contributed by atoms with Crippen molar-refractivity contribution in [1.29, 1.82) is 0 Å². The van der Waals surface area contributed by atoms with Gasteiger partial charge in [-0.1, -0.05) is 34.8 Å². The predicted octanol–water partition coefficient (Wildman–Crippen LogP) is 4.22. The Morgan fingerprint density at radius 3 is 2.43 bits per heavy atom. The van der Waals surface area contributed by atoms with Gasteiger partial charge in [-0.2, -0.15) is 4.31 Å². The van der Waals surface area contributed by atoms with Crippen LogP contribution in [-0.4, -0.2) is 38.3 Å². The molecule has 2 aliphatic rings.